The van der Waals surface area contributed by atoms with Gasteiger partial charge in [0.25, 0.3) is 0 Å². The summed E-state index contributed by atoms with van der Waals surface area (Å²) in [7, 11) is 1.72. The highest BCUT2D eigenvalue weighted by molar-refractivity contribution is 5.56. The third kappa shape index (κ3) is 3.48. The van der Waals surface area contributed by atoms with E-state index >= 15 is 0 Å². The van der Waals surface area contributed by atoms with Gasteiger partial charge < -0.3 is 9.47 Å². The van der Waals surface area contributed by atoms with Gasteiger partial charge in [-0.25, -0.2) is 0 Å². The number of aryl methyl sites for hydroxylation is 1. The first kappa shape index (κ1) is 18.1. The van der Waals surface area contributed by atoms with Crippen molar-refractivity contribution in [3.8, 4) is 11.5 Å². The lowest BCUT2D eigenvalue weighted by Gasteiger charge is -2.39. The van der Waals surface area contributed by atoms with Gasteiger partial charge in [-0.15, -0.1) is 26.3 Å². The van der Waals surface area contributed by atoms with E-state index in [4.69, 9.17) is 9.47 Å². The van der Waals surface area contributed by atoms with Crippen molar-refractivity contribution in [3.63, 3.8) is 0 Å². The van der Waals surface area contributed by atoms with Crippen molar-refractivity contribution in [2.45, 2.75) is 44.1 Å². The number of methoxy groups -OCH3 is 1. The molecule has 0 spiro atoms. The van der Waals surface area contributed by atoms with Crippen molar-refractivity contribution in [2.75, 3.05) is 7.11 Å². The fraction of sp³-hybridized carbons (Fsp3) is 0.364. The summed E-state index contributed by atoms with van der Waals surface area (Å²) < 4.78 is 12.2. The van der Waals surface area contributed by atoms with E-state index in [0.29, 0.717) is 0 Å². The predicted octanol–water partition coefficient (Wildman–Crippen LogP) is 5.37. The van der Waals surface area contributed by atoms with Gasteiger partial charge in [0.05, 0.1) is 7.11 Å². The molecule has 0 unspecified atom stereocenters. The Kier molecular flexibility index (Phi) is 6.08. The summed E-state index contributed by atoms with van der Waals surface area (Å²) in [5.41, 5.74) is 3.27. The van der Waals surface area contributed by atoms with Crippen LogP contribution < -0.4 is 9.47 Å². The van der Waals surface area contributed by atoms with Gasteiger partial charge >= 0.3 is 0 Å². The molecule has 2 rings (SSSR count). The zero-order valence-electron chi connectivity index (χ0n) is 14.8. The maximum atomic E-state index is 6.59. The first-order valence-electron chi connectivity index (χ1n) is 8.49. The molecule has 1 aromatic rings. The van der Waals surface area contributed by atoms with Gasteiger partial charge in [0.15, 0.2) is 0 Å². The van der Waals surface area contributed by atoms with E-state index in [9.17, 15) is 0 Å². The minimum Gasteiger partial charge on any atom is -0.496 e. The molecule has 2 heteroatoms. The highest BCUT2D eigenvalue weighted by Gasteiger charge is 2.36. The van der Waals surface area contributed by atoms with Crippen molar-refractivity contribution < 1.29 is 9.47 Å². The Morgan fingerprint density at radius 2 is 1.67 bits per heavy atom. The average Bonchev–Trinajstić information content (AvgIpc) is 2.57. The van der Waals surface area contributed by atoms with Crippen LogP contribution in [0, 0.1) is 0 Å². The zero-order chi connectivity index (χ0) is 17.6. The summed E-state index contributed by atoms with van der Waals surface area (Å²) >= 11 is 0. The second-order valence-electron chi connectivity index (χ2n) is 6.28. The monoisotopic (exact) mass is 324 g/mol. The van der Waals surface area contributed by atoms with Crippen LogP contribution in [0.25, 0.3) is 0 Å². The van der Waals surface area contributed by atoms with E-state index in [1.165, 1.54) is 5.56 Å². The number of fused-ring (bicyclic) bond motifs is 1. The Labute approximate surface area is 146 Å². The molecule has 0 saturated heterocycles. The second-order valence-corrected chi connectivity index (χ2v) is 6.28. The maximum Gasteiger partial charge on any atom is 0.127 e. The minimum absolute atomic E-state index is 0.244. The normalized spacial score (nSPS) is 14.9. The molecule has 24 heavy (non-hydrogen) atoms. The summed E-state index contributed by atoms with van der Waals surface area (Å²) in [4.78, 5) is 0. The molecule has 0 saturated carbocycles. The molecular formula is C22H28O2. The molecule has 1 aromatic carbocycles. The Morgan fingerprint density at radius 3 is 2.21 bits per heavy atom. The summed E-state index contributed by atoms with van der Waals surface area (Å²) in [5, 5.41) is 0. The highest BCUT2D eigenvalue weighted by atomic mass is 16.5. The number of hydrogen-bond donors (Lipinski definition) is 0. The van der Waals surface area contributed by atoms with Crippen molar-refractivity contribution in [3.05, 3.63) is 73.4 Å². The Balaban J connectivity index is 2.59. The molecule has 2 nitrogen and oxygen atoms in total. The first-order chi connectivity index (χ1) is 11.6. The van der Waals surface area contributed by atoms with E-state index in [2.05, 4.69) is 32.4 Å². The molecule has 1 aliphatic heterocycles. The van der Waals surface area contributed by atoms with Gasteiger partial charge in [-0.1, -0.05) is 24.3 Å². The molecule has 128 valence electrons. The summed E-state index contributed by atoms with van der Waals surface area (Å²) in [5.74, 6) is 1.90. The van der Waals surface area contributed by atoms with E-state index in [1.54, 1.807) is 7.11 Å². The van der Waals surface area contributed by atoms with Crippen molar-refractivity contribution in [2.24, 2.45) is 0 Å². The second kappa shape index (κ2) is 8.05. The molecule has 0 aromatic heterocycles. The predicted molar refractivity (Wildman–Crippen MR) is 102 cm³/mol. The number of rotatable bonds is 9. The fourth-order valence-electron chi connectivity index (χ4n) is 3.54. The lowest BCUT2D eigenvalue weighted by atomic mass is 9.83. The summed E-state index contributed by atoms with van der Waals surface area (Å²) in [6.45, 7) is 15.6. The van der Waals surface area contributed by atoms with Gasteiger partial charge in [-0.2, -0.15) is 0 Å². The van der Waals surface area contributed by atoms with Gasteiger partial charge in [-0.05, 0) is 37.3 Å². The molecule has 0 amide bonds. The van der Waals surface area contributed by atoms with Crippen molar-refractivity contribution in [1.29, 1.82) is 0 Å². The minimum atomic E-state index is -0.244. The standard InChI is InChI=1S/C22H28O2/c1-6-10-18-19(11-7-2)21-17(16-20(18)23-5)12-15-22(24-21,13-8-3)14-9-4/h6-9,16H,1-4,10-15H2,5H3. The van der Waals surface area contributed by atoms with Gasteiger partial charge in [0, 0.05) is 24.0 Å². The zero-order valence-corrected chi connectivity index (χ0v) is 14.8. The molecule has 0 atom stereocenters. The number of allylic oxidation sites excluding steroid dienone is 2. The largest absolute Gasteiger partial charge is 0.496 e. The Hall–Kier alpha value is -2.22. The van der Waals surface area contributed by atoms with E-state index in [-0.39, 0.29) is 5.60 Å². The van der Waals surface area contributed by atoms with Crippen molar-refractivity contribution >= 4 is 0 Å². The topological polar surface area (TPSA) is 18.5 Å². The van der Waals surface area contributed by atoms with Crippen LogP contribution in [0.3, 0.4) is 0 Å². The van der Waals surface area contributed by atoms with Crippen LogP contribution in [0.2, 0.25) is 0 Å². The van der Waals surface area contributed by atoms with Gasteiger partial charge in [-0.3, -0.25) is 0 Å². The molecule has 0 bridgehead atoms. The van der Waals surface area contributed by atoms with E-state index in [0.717, 1.165) is 61.2 Å². The molecule has 0 radical (unpaired) electrons. The Morgan fingerprint density at radius 1 is 1.04 bits per heavy atom. The molecule has 1 heterocycles. The SMILES string of the molecule is C=CCc1c(OC)cc2c(c1CC=C)OC(CC=C)(CC=C)CC2. The van der Waals surface area contributed by atoms with Gasteiger partial charge in [0.2, 0.25) is 0 Å². The van der Waals surface area contributed by atoms with Crippen LogP contribution in [-0.4, -0.2) is 12.7 Å². The maximum absolute atomic E-state index is 6.59. The molecule has 0 fully saturated rings. The van der Waals surface area contributed by atoms with E-state index in [1.807, 2.05) is 24.3 Å². The average molecular weight is 324 g/mol. The van der Waals surface area contributed by atoms with Crippen molar-refractivity contribution in [1.82, 2.24) is 0 Å². The summed E-state index contributed by atoms with van der Waals surface area (Å²) in [6.07, 6.45) is 12.7. The lowest BCUT2D eigenvalue weighted by Crippen LogP contribution is -2.39. The number of hydrogen-bond acceptors (Lipinski definition) is 2. The smallest absolute Gasteiger partial charge is 0.127 e. The first-order valence-corrected chi connectivity index (χ1v) is 8.49. The van der Waals surface area contributed by atoms with Crippen LogP contribution in [0.1, 0.15) is 36.0 Å². The third-order valence-electron chi connectivity index (χ3n) is 4.65. The van der Waals surface area contributed by atoms with Gasteiger partial charge in [0.1, 0.15) is 17.1 Å². The molecule has 0 N–H and O–H groups in total. The van der Waals surface area contributed by atoms with E-state index < -0.39 is 0 Å². The van der Waals surface area contributed by atoms with Crippen LogP contribution in [-0.2, 0) is 19.3 Å². The quantitative estimate of drug-likeness (QED) is 0.569. The third-order valence-corrected chi connectivity index (χ3v) is 4.65. The lowest BCUT2D eigenvalue weighted by molar-refractivity contribution is 0.0506. The van der Waals surface area contributed by atoms with Crippen LogP contribution in [0.4, 0.5) is 0 Å². The fourth-order valence-corrected chi connectivity index (χ4v) is 3.54. The number of ether oxygens (including phenoxy) is 2. The highest BCUT2D eigenvalue weighted by Crippen LogP contribution is 2.44. The Bertz CT molecular complexity index is 630. The summed E-state index contributed by atoms with van der Waals surface area (Å²) in [6, 6.07) is 2.12. The molecular weight excluding hydrogens is 296 g/mol. The van der Waals surface area contributed by atoms with Crippen LogP contribution in [0.15, 0.2) is 56.7 Å². The number of benzene rings is 1. The van der Waals surface area contributed by atoms with Crippen LogP contribution in [0.5, 0.6) is 11.5 Å². The molecule has 1 aliphatic rings. The van der Waals surface area contributed by atoms with Crippen LogP contribution >= 0.6 is 0 Å². The molecule has 0 aliphatic carbocycles.